The summed E-state index contributed by atoms with van der Waals surface area (Å²) in [4.78, 5) is 151. The highest BCUT2D eigenvalue weighted by Crippen LogP contribution is 2.61. The Hall–Kier alpha value is -8.32. The van der Waals surface area contributed by atoms with Crippen LogP contribution in [0.5, 0.6) is 0 Å². The van der Waals surface area contributed by atoms with Crippen molar-refractivity contribution in [3.8, 4) is 0 Å². The lowest BCUT2D eigenvalue weighted by molar-refractivity contribution is -0.148. The van der Waals surface area contributed by atoms with Gasteiger partial charge in [0, 0.05) is 45.4 Å². The first-order chi connectivity index (χ1) is 41.4. The lowest BCUT2D eigenvalue weighted by Gasteiger charge is -2.57. The maximum atomic E-state index is 14.8. The van der Waals surface area contributed by atoms with Gasteiger partial charge in [0.05, 0.1) is 6.42 Å². The van der Waals surface area contributed by atoms with Crippen molar-refractivity contribution < 1.29 is 47.9 Å². The van der Waals surface area contributed by atoms with Gasteiger partial charge in [0.2, 0.25) is 59.1 Å². The summed E-state index contributed by atoms with van der Waals surface area (Å²) in [6.07, 6.45) is 7.86. The van der Waals surface area contributed by atoms with Crippen LogP contribution in [0.2, 0.25) is 0 Å². The second kappa shape index (κ2) is 30.3. The van der Waals surface area contributed by atoms with Gasteiger partial charge in [-0.1, -0.05) is 75.4 Å². The van der Waals surface area contributed by atoms with Gasteiger partial charge in [-0.15, -0.1) is 0 Å². The van der Waals surface area contributed by atoms with E-state index in [1.54, 1.807) is 49.9 Å². The van der Waals surface area contributed by atoms with E-state index in [2.05, 4.69) is 41.9 Å². The van der Waals surface area contributed by atoms with Crippen molar-refractivity contribution in [3.05, 3.63) is 71.3 Å². The van der Waals surface area contributed by atoms with E-state index in [0.29, 0.717) is 36.2 Å². The Bertz CT molecular complexity index is 2860. The fraction of sp³-hybridized carbons (Fsp3) is 0.607. The summed E-state index contributed by atoms with van der Waals surface area (Å²) < 4.78 is 0. The molecule has 26 heteroatoms. The second-order valence-electron chi connectivity index (χ2n) is 24.9. The van der Waals surface area contributed by atoms with Crippen LogP contribution in [0.1, 0.15) is 134 Å². The molecule has 2 aromatic rings. The number of nitrogens with two attached hydrogens (primary N) is 6. The van der Waals surface area contributed by atoms with E-state index < -0.39 is 114 Å². The van der Waals surface area contributed by atoms with Crippen molar-refractivity contribution in [2.24, 2.45) is 73.5 Å². The maximum Gasteiger partial charge on any atom is 0.245 e. The van der Waals surface area contributed by atoms with Crippen molar-refractivity contribution in [2.75, 3.05) is 19.6 Å². The average molecular weight is 1210 g/mol. The predicted octanol–water partition coefficient (Wildman–Crippen LogP) is -0.777. The first kappa shape index (κ1) is 66.2. The first-order valence-corrected chi connectivity index (χ1v) is 30.6. The molecule has 18 N–H and O–H groups in total. The summed E-state index contributed by atoms with van der Waals surface area (Å²) >= 11 is 0. The van der Waals surface area contributed by atoms with E-state index in [0.717, 1.165) is 30.4 Å². The molecule has 4 aliphatic carbocycles. The molecule has 8 rings (SSSR count). The number of benzene rings is 2. The number of hydrogen-bond acceptors (Lipinski definition) is 12. The van der Waals surface area contributed by atoms with Crippen LogP contribution in [-0.2, 0) is 67.3 Å². The van der Waals surface area contributed by atoms with Crippen LogP contribution in [0.3, 0.4) is 0 Å². The molecule has 0 unspecified atom stereocenters. The molecule has 0 aromatic heterocycles. The predicted molar refractivity (Wildman–Crippen MR) is 324 cm³/mol. The van der Waals surface area contributed by atoms with Crippen molar-refractivity contribution >= 4 is 71.0 Å². The SMILES string of the molecule is CC[C@H](NC(=O)[C@H](CC(N)=O)NC(=O)[C@@H](NC(=O)[C@H](Cc1ccccc1)NC(=O)[C@H]1Cc2ccccc2CN1C(=O)CC12CC3CC(CC(C3)C1)C2)C(C)C)C(=O)N1CCC[C@H]1C(=O)N[C@@H](CCCN=C(N)N)C(=O)N[C@@H](CCCN=C(N)N)C(N)=O. The zero-order chi connectivity index (χ0) is 63.1. The van der Waals surface area contributed by atoms with Crippen LogP contribution < -0.4 is 66.3 Å². The van der Waals surface area contributed by atoms with Gasteiger partial charge in [-0.25, -0.2) is 0 Å². The van der Waals surface area contributed by atoms with Crippen LogP contribution in [0.4, 0.5) is 0 Å². The van der Waals surface area contributed by atoms with Crippen LogP contribution in [-0.4, -0.2) is 149 Å². The zero-order valence-corrected chi connectivity index (χ0v) is 50.3. The summed E-state index contributed by atoms with van der Waals surface area (Å²) in [5, 5.41) is 16.3. The van der Waals surface area contributed by atoms with Gasteiger partial charge < -0.3 is 76.1 Å². The molecule has 0 radical (unpaired) electrons. The molecule has 26 nitrogen and oxygen atoms in total. The van der Waals surface area contributed by atoms with E-state index >= 15 is 0 Å². The molecular formula is C61H90N16O10. The Morgan fingerprint density at radius 2 is 1.13 bits per heavy atom. The Kier molecular flexibility index (Phi) is 23.1. The summed E-state index contributed by atoms with van der Waals surface area (Å²) in [7, 11) is 0. The number of likely N-dealkylation sites (tertiary alicyclic amines) is 1. The molecule has 4 bridgehead atoms. The fourth-order valence-electron chi connectivity index (χ4n) is 14.0. The van der Waals surface area contributed by atoms with E-state index in [1.165, 1.54) is 24.2 Å². The number of guanidine groups is 2. The molecule has 2 aliphatic heterocycles. The minimum atomic E-state index is -1.64. The molecule has 87 heavy (non-hydrogen) atoms. The third-order valence-corrected chi connectivity index (χ3v) is 17.8. The second-order valence-corrected chi connectivity index (χ2v) is 24.9. The van der Waals surface area contributed by atoms with Crippen molar-refractivity contribution in [3.63, 3.8) is 0 Å². The molecule has 10 amide bonds. The molecule has 8 atom stereocenters. The molecule has 1 saturated heterocycles. The van der Waals surface area contributed by atoms with Crippen LogP contribution in [0.25, 0.3) is 0 Å². The van der Waals surface area contributed by atoms with Gasteiger partial charge in [-0.3, -0.25) is 57.9 Å². The van der Waals surface area contributed by atoms with Crippen molar-refractivity contribution in [1.29, 1.82) is 0 Å². The highest BCUT2D eigenvalue weighted by molar-refractivity contribution is 5.99. The van der Waals surface area contributed by atoms with Crippen LogP contribution in [0.15, 0.2) is 64.6 Å². The normalized spacial score (nSPS) is 22.8. The smallest absolute Gasteiger partial charge is 0.245 e. The van der Waals surface area contributed by atoms with Gasteiger partial charge in [-0.2, -0.15) is 0 Å². The lowest BCUT2D eigenvalue weighted by atomic mass is 9.49. The van der Waals surface area contributed by atoms with Crippen molar-refractivity contribution in [1.82, 2.24) is 41.7 Å². The highest BCUT2D eigenvalue weighted by Gasteiger charge is 2.53. The van der Waals surface area contributed by atoms with Gasteiger partial charge in [0.1, 0.15) is 48.3 Å². The van der Waals surface area contributed by atoms with Crippen molar-refractivity contribution in [2.45, 2.75) is 185 Å². The number of amides is 10. The highest BCUT2D eigenvalue weighted by atomic mass is 16.2. The molecule has 2 heterocycles. The topological polar surface area (TPSA) is 430 Å². The monoisotopic (exact) mass is 1210 g/mol. The Balaban J connectivity index is 1.02. The van der Waals surface area contributed by atoms with E-state index in [9.17, 15) is 47.9 Å². The third kappa shape index (κ3) is 18.1. The summed E-state index contributed by atoms with van der Waals surface area (Å²) in [5.41, 5.74) is 35.5. The minimum absolute atomic E-state index is 0.000683. The molecule has 5 fully saturated rings. The molecule has 4 saturated carbocycles. The van der Waals surface area contributed by atoms with Gasteiger partial charge >= 0.3 is 0 Å². The first-order valence-electron chi connectivity index (χ1n) is 30.6. The fourth-order valence-corrected chi connectivity index (χ4v) is 14.0. The zero-order valence-electron chi connectivity index (χ0n) is 50.3. The average Bonchev–Trinajstić information content (AvgIpc) is 1.27. The molecule has 0 spiro atoms. The number of nitrogens with one attached hydrogen (secondary N) is 6. The maximum absolute atomic E-state index is 14.8. The number of carbonyl (C=O) groups excluding carboxylic acids is 10. The number of nitrogens with zero attached hydrogens (tertiary/aromatic N) is 4. The van der Waals surface area contributed by atoms with E-state index in [-0.39, 0.29) is 101 Å². The molecule has 474 valence electrons. The Morgan fingerprint density at radius 1 is 0.598 bits per heavy atom. The van der Waals surface area contributed by atoms with Crippen LogP contribution in [0, 0.1) is 29.1 Å². The lowest BCUT2D eigenvalue weighted by Crippen LogP contribution is -2.61. The number of rotatable bonds is 30. The van der Waals surface area contributed by atoms with Crippen LogP contribution >= 0.6 is 0 Å². The van der Waals surface area contributed by atoms with E-state index in [1.807, 2.05) is 30.3 Å². The Morgan fingerprint density at radius 3 is 1.70 bits per heavy atom. The van der Waals surface area contributed by atoms with Gasteiger partial charge in [0.25, 0.3) is 0 Å². The standard InChI is InChI=1S/C61H90N16O10/c1-4-41(58(87)76-22-12-19-46(76)55(84)72-43(18-11-21-69-60(66)67)52(81)71-42(51(63)80)17-10-20-68-59(64)65)70-53(82)45(28-48(62)78)74-57(86)50(34(2)3)75-54(83)44(26-35-13-6-5-7-14-35)73-56(85)47-27-39-15-8-9-16-40(39)33-77(47)49(79)32-61-29-36-23-37(30-61)25-38(24-36)31-61/h5-9,13-16,34,36-38,41-47,50H,4,10-12,17-33H2,1-3H3,(H2,62,78)(H2,63,80)(H,70,82)(H,71,81)(H,72,84)(H,73,85)(H,74,86)(H,75,83)(H4,64,65,68)(H4,66,67,69)/t36?,37?,38?,41-,42-,43-,44-,45-,46-,47+,50-,61?/m0/s1. The summed E-state index contributed by atoms with van der Waals surface area (Å²) in [6.45, 7) is 5.55. The number of aliphatic imine (C=N–C) groups is 2. The van der Waals surface area contributed by atoms with Gasteiger partial charge in [0.15, 0.2) is 11.9 Å². The minimum Gasteiger partial charge on any atom is -0.370 e. The number of carbonyl (C=O) groups is 10. The third-order valence-electron chi connectivity index (χ3n) is 17.8. The summed E-state index contributed by atoms with van der Waals surface area (Å²) in [5.74, 6) is -6.10. The molecular weight excluding hydrogens is 1120 g/mol. The number of primary amides is 2. The number of fused-ring (bicyclic) bond motifs is 1. The summed E-state index contributed by atoms with van der Waals surface area (Å²) in [6, 6.07) is 6.86. The van der Waals surface area contributed by atoms with E-state index in [4.69, 9.17) is 34.4 Å². The van der Waals surface area contributed by atoms with Gasteiger partial charge in [-0.05, 0) is 129 Å². The largest absolute Gasteiger partial charge is 0.370 e. The number of hydrogen-bond donors (Lipinski definition) is 12. The molecule has 6 aliphatic rings. The molecule has 2 aromatic carbocycles. The Labute approximate surface area is 508 Å². The quantitative estimate of drug-likeness (QED) is 0.0260.